The monoisotopic (exact) mass is 395 g/mol. The zero-order valence-corrected chi connectivity index (χ0v) is 15.7. The Hall–Kier alpha value is -3.88. The van der Waals surface area contributed by atoms with Crippen molar-refractivity contribution < 1.29 is 24.0 Å². The molecule has 0 fully saturated rings. The predicted octanol–water partition coefficient (Wildman–Crippen LogP) is 3.40. The molecular weight excluding hydrogens is 378 g/mol. The number of hydrogen-bond donors (Lipinski definition) is 0. The summed E-state index contributed by atoms with van der Waals surface area (Å²) in [5.74, 6) is -2.03. The van der Waals surface area contributed by atoms with Gasteiger partial charge in [-0.3, -0.25) is 24.9 Å². The maximum Gasteiger partial charge on any atom is 0.337 e. The molecule has 1 aliphatic heterocycles. The lowest BCUT2D eigenvalue weighted by Gasteiger charge is -2.20. The number of methoxy groups -OCH3 is 1. The summed E-state index contributed by atoms with van der Waals surface area (Å²) in [6.45, 7) is 1.85. The molecule has 9 heteroatoms. The van der Waals surface area contributed by atoms with Gasteiger partial charge in [-0.05, 0) is 31.2 Å². The fourth-order valence-electron chi connectivity index (χ4n) is 2.84. The van der Waals surface area contributed by atoms with Crippen LogP contribution in [-0.4, -0.2) is 42.5 Å². The Kier molecular flexibility index (Phi) is 5.77. The van der Waals surface area contributed by atoms with Crippen molar-refractivity contribution in [2.24, 2.45) is 15.9 Å². The Bertz CT molecular complexity index is 1040. The van der Waals surface area contributed by atoms with Crippen LogP contribution in [0.1, 0.15) is 22.8 Å². The Balaban J connectivity index is 2.16. The van der Waals surface area contributed by atoms with E-state index < -0.39 is 22.8 Å². The Labute approximate surface area is 165 Å². The number of aliphatic imine (C=N–C) groups is 2. The van der Waals surface area contributed by atoms with Crippen molar-refractivity contribution in [3.63, 3.8) is 0 Å². The van der Waals surface area contributed by atoms with Crippen molar-refractivity contribution >= 4 is 40.9 Å². The molecule has 0 saturated heterocycles. The van der Waals surface area contributed by atoms with Crippen LogP contribution in [0.15, 0.2) is 52.4 Å². The van der Waals surface area contributed by atoms with Gasteiger partial charge in [0.05, 0.1) is 41.3 Å². The summed E-state index contributed by atoms with van der Waals surface area (Å²) in [4.78, 5) is 43.7. The summed E-state index contributed by atoms with van der Waals surface area (Å²) >= 11 is 0. The molecule has 0 aromatic heterocycles. The standard InChI is InChI=1S/C20H17N3O6/c1-3-29-20(25)16-11-21-17-8-7-12(19(24)28-2)9-15(17)18(16)22-13-5-4-6-14(10-13)23(26)27/h4-11,16H,3H2,1-2H3. The molecule has 0 N–H and O–H groups in total. The van der Waals surface area contributed by atoms with Gasteiger partial charge in [-0.2, -0.15) is 0 Å². The highest BCUT2D eigenvalue weighted by molar-refractivity contribution is 6.25. The minimum atomic E-state index is -0.922. The number of benzene rings is 2. The molecular formula is C20H17N3O6. The summed E-state index contributed by atoms with van der Waals surface area (Å²) in [5, 5.41) is 11.1. The van der Waals surface area contributed by atoms with Crippen LogP contribution in [0.25, 0.3) is 0 Å². The van der Waals surface area contributed by atoms with Gasteiger partial charge < -0.3 is 9.47 Å². The number of nitro benzene ring substituents is 1. The van der Waals surface area contributed by atoms with Crippen molar-refractivity contribution in [1.82, 2.24) is 0 Å². The molecule has 148 valence electrons. The maximum atomic E-state index is 12.5. The van der Waals surface area contributed by atoms with Gasteiger partial charge in [-0.25, -0.2) is 4.79 Å². The first-order valence-electron chi connectivity index (χ1n) is 8.71. The van der Waals surface area contributed by atoms with Gasteiger partial charge in [-0.15, -0.1) is 0 Å². The minimum absolute atomic E-state index is 0.132. The van der Waals surface area contributed by atoms with E-state index in [-0.39, 0.29) is 29.3 Å². The average Bonchev–Trinajstić information content (AvgIpc) is 2.73. The van der Waals surface area contributed by atoms with Crippen LogP contribution in [0.5, 0.6) is 0 Å². The topological polar surface area (TPSA) is 120 Å². The smallest absolute Gasteiger partial charge is 0.337 e. The number of fused-ring (bicyclic) bond motifs is 1. The zero-order valence-electron chi connectivity index (χ0n) is 15.7. The van der Waals surface area contributed by atoms with E-state index in [1.54, 1.807) is 25.1 Å². The molecule has 2 aromatic carbocycles. The molecule has 0 saturated carbocycles. The third kappa shape index (κ3) is 4.18. The highest BCUT2D eigenvalue weighted by Gasteiger charge is 2.31. The summed E-state index contributed by atoms with van der Waals surface area (Å²) < 4.78 is 9.87. The number of carbonyl (C=O) groups is 2. The van der Waals surface area contributed by atoms with Gasteiger partial charge in [0.25, 0.3) is 5.69 Å². The van der Waals surface area contributed by atoms with Crippen LogP contribution < -0.4 is 0 Å². The van der Waals surface area contributed by atoms with E-state index in [9.17, 15) is 19.7 Å². The normalized spacial score (nSPS) is 16.2. The second-order valence-corrected chi connectivity index (χ2v) is 6.01. The van der Waals surface area contributed by atoms with E-state index >= 15 is 0 Å². The van der Waals surface area contributed by atoms with E-state index in [4.69, 9.17) is 9.47 Å². The fraction of sp³-hybridized carbons (Fsp3) is 0.200. The van der Waals surface area contributed by atoms with E-state index in [0.717, 1.165) is 0 Å². The first-order valence-corrected chi connectivity index (χ1v) is 8.71. The molecule has 0 bridgehead atoms. The number of non-ortho nitro benzene ring substituents is 1. The molecule has 0 radical (unpaired) electrons. The van der Waals surface area contributed by atoms with Crippen LogP contribution in [0.4, 0.5) is 17.1 Å². The lowest BCUT2D eigenvalue weighted by atomic mass is 9.92. The number of rotatable bonds is 5. The summed E-state index contributed by atoms with van der Waals surface area (Å²) in [7, 11) is 1.26. The summed E-state index contributed by atoms with van der Waals surface area (Å²) in [6.07, 6.45) is 1.41. The summed E-state index contributed by atoms with van der Waals surface area (Å²) in [5.41, 5.74) is 1.64. The molecule has 2 aromatic rings. The highest BCUT2D eigenvalue weighted by Crippen LogP contribution is 2.31. The molecule has 1 atom stereocenters. The number of esters is 2. The minimum Gasteiger partial charge on any atom is -0.465 e. The number of hydrogen-bond acceptors (Lipinski definition) is 8. The van der Waals surface area contributed by atoms with Crippen LogP contribution >= 0.6 is 0 Å². The van der Waals surface area contributed by atoms with Crippen molar-refractivity contribution in [3.8, 4) is 0 Å². The lowest BCUT2D eigenvalue weighted by molar-refractivity contribution is -0.384. The van der Waals surface area contributed by atoms with Gasteiger partial charge in [-0.1, -0.05) is 6.07 Å². The van der Waals surface area contributed by atoms with Gasteiger partial charge in [0.15, 0.2) is 0 Å². The van der Waals surface area contributed by atoms with Crippen LogP contribution in [0.2, 0.25) is 0 Å². The van der Waals surface area contributed by atoms with Crippen molar-refractivity contribution in [1.29, 1.82) is 0 Å². The van der Waals surface area contributed by atoms with Crippen molar-refractivity contribution in [2.45, 2.75) is 6.92 Å². The van der Waals surface area contributed by atoms with Gasteiger partial charge >= 0.3 is 11.9 Å². The Morgan fingerprint density at radius 2 is 2.03 bits per heavy atom. The van der Waals surface area contributed by atoms with E-state index in [1.165, 1.54) is 37.6 Å². The second-order valence-electron chi connectivity index (χ2n) is 6.01. The molecule has 9 nitrogen and oxygen atoms in total. The molecule has 0 amide bonds. The van der Waals surface area contributed by atoms with Crippen LogP contribution in [0.3, 0.4) is 0 Å². The molecule has 1 unspecified atom stereocenters. The molecule has 0 spiro atoms. The molecule has 0 aliphatic carbocycles. The third-order valence-electron chi connectivity index (χ3n) is 4.18. The lowest BCUT2D eigenvalue weighted by Crippen LogP contribution is -2.30. The molecule has 1 aliphatic rings. The second kappa shape index (κ2) is 8.42. The van der Waals surface area contributed by atoms with Crippen LogP contribution in [-0.2, 0) is 14.3 Å². The van der Waals surface area contributed by atoms with E-state index in [0.29, 0.717) is 11.3 Å². The number of carbonyl (C=O) groups excluding carboxylic acids is 2. The zero-order chi connectivity index (χ0) is 21.0. The SMILES string of the molecule is CCOC(=O)C1C=Nc2ccc(C(=O)OC)cc2C1=Nc1cccc([N+](=O)[O-])c1. The van der Waals surface area contributed by atoms with Gasteiger partial charge in [0.1, 0.15) is 5.92 Å². The first-order chi connectivity index (χ1) is 13.9. The van der Waals surface area contributed by atoms with Crippen LogP contribution in [0, 0.1) is 16.0 Å². The number of ether oxygens (including phenoxy) is 2. The Morgan fingerprint density at radius 1 is 1.24 bits per heavy atom. The van der Waals surface area contributed by atoms with E-state index in [2.05, 4.69) is 9.98 Å². The third-order valence-corrected chi connectivity index (χ3v) is 4.18. The first kappa shape index (κ1) is 19.9. The van der Waals surface area contributed by atoms with Gasteiger partial charge in [0, 0.05) is 23.9 Å². The Morgan fingerprint density at radius 3 is 2.72 bits per heavy atom. The molecule has 3 rings (SSSR count). The van der Waals surface area contributed by atoms with Crippen molar-refractivity contribution in [3.05, 3.63) is 63.7 Å². The fourth-order valence-corrected chi connectivity index (χ4v) is 2.84. The quantitative estimate of drug-likeness (QED) is 0.435. The highest BCUT2D eigenvalue weighted by atomic mass is 16.6. The van der Waals surface area contributed by atoms with E-state index in [1.807, 2.05) is 0 Å². The predicted molar refractivity (Wildman–Crippen MR) is 105 cm³/mol. The molecule has 1 heterocycles. The maximum absolute atomic E-state index is 12.5. The largest absolute Gasteiger partial charge is 0.465 e. The number of nitrogens with zero attached hydrogens (tertiary/aromatic N) is 3. The number of nitro groups is 1. The average molecular weight is 395 g/mol. The van der Waals surface area contributed by atoms with Crippen molar-refractivity contribution in [2.75, 3.05) is 13.7 Å². The summed E-state index contributed by atoms with van der Waals surface area (Å²) in [6, 6.07) is 10.4. The van der Waals surface area contributed by atoms with Gasteiger partial charge in [0.2, 0.25) is 0 Å². The molecule has 29 heavy (non-hydrogen) atoms.